The fraction of sp³-hybridized carbons (Fsp3) is 1.00. The molecule has 0 saturated carbocycles. The van der Waals surface area contributed by atoms with E-state index in [1.807, 2.05) is 0 Å². The summed E-state index contributed by atoms with van der Waals surface area (Å²) in [5.41, 5.74) is 0.425. The van der Waals surface area contributed by atoms with E-state index in [-0.39, 0.29) is 0 Å². The molecule has 0 aromatic rings. The summed E-state index contributed by atoms with van der Waals surface area (Å²) in [6, 6.07) is 0. The Balaban J connectivity index is 5.97. The molecule has 0 heteroatoms. The summed E-state index contributed by atoms with van der Waals surface area (Å²) in [6.45, 7) is 34.8. The zero-order chi connectivity index (χ0) is 23.8. The summed E-state index contributed by atoms with van der Waals surface area (Å²) in [5, 5.41) is 0. The first-order chi connectivity index (χ1) is 13.7. The maximum atomic E-state index is 2.68. The van der Waals surface area contributed by atoms with E-state index in [9.17, 15) is 0 Å². The van der Waals surface area contributed by atoms with Gasteiger partial charge in [-0.1, -0.05) is 110 Å². The van der Waals surface area contributed by atoms with Crippen molar-refractivity contribution in [2.45, 2.75) is 129 Å². The van der Waals surface area contributed by atoms with Crippen LogP contribution in [0.1, 0.15) is 129 Å². The number of hydrogen-bond donors (Lipinski definition) is 0. The molecule has 0 N–H and O–H groups in total. The number of hydrogen-bond acceptors (Lipinski definition) is 0. The Labute approximate surface area is 193 Å². The van der Waals surface area contributed by atoms with Crippen LogP contribution in [-0.4, -0.2) is 0 Å². The zero-order valence-corrected chi connectivity index (χ0v) is 23.8. The Morgan fingerprint density at radius 2 is 1.13 bits per heavy atom. The minimum absolute atomic E-state index is 0.425. The molecule has 0 heterocycles. The van der Waals surface area contributed by atoms with E-state index in [0.29, 0.717) is 5.41 Å². The van der Waals surface area contributed by atoms with Crippen molar-refractivity contribution >= 4 is 0 Å². The lowest BCUT2D eigenvalue weighted by atomic mass is 9.54. The average molecular weight is 423 g/mol. The Bertz CT molecular complexity index is 431. The van der Waals surface area contributed by atoms with Crippen LogP contribution >= 0.6 is 0 Å². The molecule has 0 nitrogen and oxygen atoms in total. The van der Waals surface area contributed by atoms with Crippen LogP contribution in [0.15, 0.2) is 0 Å². The minimum Gasteiger partial charge on any atom is -0.0651 e. The smallest absolute Gasteiger partial charge is 0.0267 e. The van der Waals surface area contributed by atoms with Gasteiger partial charge in [-0.05, 0) is 83.9 Å². The maximum absolute atomic E-state index is 2.68. The molecule has 0 spiro atoms. The highest BCUT2D eigenvalue weighted by atomic mass is 14.5. The number of rotatable bonds is 15. The quantitative estimate of drug-likeness (QED) is 0.246. The lowest BCUT2D eigenvalue weighted by Gasteiger charge is -2.51. The average Bonchev–Trinajstić information content (AvgIpc) is 2.65. The van der Waals surface area contributed by atoms with Crippen LogP contribution in [-0.2, 0) is 0 Å². The predicted molar refractivity (Wildman–Crippen MR) is 140 cm³/mol. The van der Waals surface area contributed by atoms with Crippen molar-refractivity contribution in [3.05, 3.63) is 0 Å². The zero-order valence-electron chi connectivity index (χ0n) is 23.8. The monoisotopic (exact) mass is 422 g/mol. The minimum atomic E-state index is 0.425. The highest BCUT2D eigenvalue weighted by molar-refractivity contribution is 4.94. The third-order valence-corrected chi connectivity index (χ3v) is 9.26. The molecule has 0 aliphatic heterocycles. The Kier molecular flexibility index (Phi) is 13.5. The van der Waals surface area contributed by atoms with E-state index < -0.39 is 0 Å². The third kappa shape index (κ3) is 8.50. The molecule has 7 atom stereocenters. The first-order valence-corrected chi connectivity index (χ1v) is 13.7. The fourth-order valence-corrected chi connectivity index (χ4v) is 6.53. The topological polar surface area (TPSA) is 0 Å². The van der Waals surface area contributed by atoms with Gasteiger partial charge in [0.25, 0.3) is 0 Å². The standard InChI is InChI=1S/C30H62/c1-15-24(11)18-27(22(7)8)25(12)19-28(23(9)10)30(14,16-2)29(17-20(3)4)26(13)21(5)6/h20-29H,15-19H2,1-14H3. The molecule has 0 radical (unpaired) electrons. The van der Waals surface area contributed by atoms with Crippen LogP contribution in [0.3, 0.4) is 0 Å². The molecule has 182 valence electrons. The van der Waals surface area contributed by atoms with Crippen molar-refractivity contribution in [2.24, 2.45) is 64.6 Å². The van der Waals surface area contributed by atoms with Crippen LogP contribution in [0.5, 0.6) is 0 Å². The molecule has 0 aliphatic rings. The van der Waals surface area contributed by atoms with Gasteiger partial charge in [0, 0.05) is 0 Å². The van der Waals surface area contributed by atoms with Gasteiger partial charge in [0.2, 0.25) is 0 Å². The van der Waals surface area contributed by atoms with Crippen molar-refractivity contribution in [3.8, 4) is 0 Å². The summed E-state index contributed by atoms with van der Waals surface area (Å²) in [4.78, 5) is 0. The second-order valence-corrected chi connectivity index (χ2v) is 12.9. The molecule has 0 rings (SSSR count). The van der Waals surface area contributed by atoms with Gasteiger partial charge in [-0.2, -0.15) is 0 Å². The summed E-state index contributed by atoms with van der Waals surface area (Å²) >= 11 is 0. The molecule has 0 aromatic heterocycles. The lowest BCUT2D eigenvalue weighted by Crippen LogP contribution is -2.43. The second kappa shape index (κ2) is 13.5. The van der Waals surface area contributed by atoms with E-state index in [0.717, 1.165) is 59.2 Å². The van der Waals surface area contributed by atoms with Crippen LogP contribution in [0.2, 0.25) is 0 Å². The summed E-state index contributed by atoms with van der Waals surface area (Å²) in [5.74, 6) is 8.01. The van der Waals surface area contributed by atoms with Crippen LogP contribution in [0.25, 0.3) is 0 Å². The van der Waals surface area contributed by atoms with Crippen LogP contribution < -0.4 is 0 Å². The highest BCUT2D eigenvalue weighted by Crippen LogP contribution is 2.52. The Morgan fingerprint density at radius 1 is 0.600 bits per heavy atom. The lowest BCUT2D eigenvalue weighted by molar-refractivity contribution is -0.0180. The predicted octanol–water partition coefficient (Wildman–Crippen LogP) is 10.4. The van der Waals surface area contributed by atoms with Gasteiger partial charge >= 0.3 is 0 Å². The SMILES string of the molecule is CCC(C)CC(C(C)C)C(C)CC(C(C)C)C(C)(CC)C(CC(C)C)C(C)C(C)C. The van der Waals surface area contributed by atoms with Crippen molar-refractivity contribution in [2.75, 3.05) is 0 Å². The van der Waals surface area contributed by atoms with Crippen molar-refractivity contribution < 1.29 is 0 Å². The normalized spacial score (nSPS) is 21.0. The van der Waals surface area contributed by atoms with E-state index in [4.69, 9.17) is 0 Å². The van der Waals surface area contributed by atoms with Gasteiger partial charge in [0.05, 0.1) is 0 Å². The molecule has 0 aliphatic carbocycles. The van der Waals surface area contributed by atoms with E-state index in [2.05, 4.69) is 96.9 Å². The second-order valence-electron chi connectivity index (χ2n) is 12.9. The van der Waals surface area contributed by atoms with Gasteiger partial charge in [-0.3, -0.25) is 0 Å². The third-order valence-electron chi connectivity index (χ3n) is 9.26. The molecular formula is C30H62. The first kappa shape index (κ1) is 30.0. The molecule has 0 saturated heterocycles. The largest absolute Gasteiger partial charge is 0.0651 e. The van der Waals surface area contributed by atoms with Gasteiger partial charge in [0.15, 0.2) is 0 Å². The molecule has 7 unspecified atom stereocenters. The molecular weight excluding hydrogens is 360 g/mol. The maximum Gasteiger partial charge on any atom is -0.0267 e. The highest BCUT2D eigenvalue weighted by Gasteiger charge is 2.45. The van der Waals surface area contributed by atoms with Crippen LogP contribution in [0.4, 0.5) is 0 Å². The van der Waals surface area contributed by atoms with Crippen molar-refractivity contribution in [1.29, 1.82) is 0 Å². The molecule has 0 aromatic carbocycles. The molecule has 0 fully saturated rings. The first-order valence-electron chi connectivity index (χ1n) is 13.7. The summed E-state index contributed by atoms with van der Waals surface area (Å²) in [7, 11) is 0. The van der Waals surface area contributed by atoms with Gasteiger partial charge < -0.3 is 0 Å². The van der Waals surface area contributed by atoms with Crippen molar-refractivity contribution in [3.63, 3.8) is 0 Å². The van der Waals surface area contributed by atoms with Gasteiger partial charge in [0.1, 0.15) is 0 Å². The van der Waals surface area contributed by atoms with Crippen LogP contribution in [0, 0.1) is 64.6 Å². The molecule has 0 amide bonds. The van der Waals surface area contributed by atoms with E-state index >= 15 is 0 Å². The molecule has 0 bridgehead atoms. The van der Waals surface area contributed by atoms with Gasteiger partial charge in [-0.25, -0.2) is 0 Å². The Morgan fingerprint density at radius 3 is 1.47 bits per heavy atom. The fourth-order valence-electron chi connectivity index (χ4n) is 6.53. The van der Waals surface area contributed by atoms with E-state index in [1.165, 1.54) is 32.1 Å². The van der Waals surface area contributed by atoms with E-state index in [1.54, 1.807) is 0 Å². The van der Waals surface area contributed by atoms with Crippen molar-refractivity contribution in [1.82, 2.24) is 0 Å². The summed E-state index contributed by atoms with van der Waals surface area (Å²) in [6.07, 6.45) is 6.82. The van der Waals surface area contributed by atoms with Gasteiger partial charge in [-0.15, -0.1) is 0 Å². The summed E-state index contributed by atoms with van der Waals surface area (Å²) < 4.78 is 0. The Hall–Kier alpha value is 0. The molecule has 30 heavy (non-hydrogen) atoms.